The van der Waals surface area contributed by atoms with E-state index in [1.54, 1.807) is 17.1 Å². The number of rotatable bonds is 2. The van der Waals surface area contributed by atoms with Crippen molar-refractivity contribution in [3.63, 3.8) is 0 Å². The second kappa shape index (κ2) is 5.69. The molecule has 0 saturated carbocycles. The number of nitrogens with zero attached hydrogens (tertiary/aromatic N) is 1. The van der Waals surface area contributed by atoms with Crippen LogP contribution in [0.2, 0.25) is 5.02 Å². The van der Waals surface area contributed by atoms with Gasteiger partial charge in [0.15, 0.2) is 5.79 Å². The van der Waals surface area contributed by atoms with Crippen molar-refractivity contribution in [3.05, 3.63) is 40.9 Å². The van der Waals surface area contributed by atoms with Gasteiger partial charge in [-0.1, -0.05) is 29.8 Å². The Balaban J connectivity index is 1.55. The minimum atomic E-state index is -0.514. The van der Waals surface area contributed by atoms with E-state index in [1.807, 2.05) is 38.1 Å². The average molecular weight is 322 g/mol. The van der Waals surface area contributed by atoms with Crippen LogP contribution in [-0.2, 0) is 14.3 Å². The number of amides is 1. The molecule has 2 saturated heterocycles. The van der Waals surface area contributed by atoms with Crippen LogP contribution in [0.5, 0.6) is 0 Å². The zero-order chi connectivity index (χ0) is 15.8. The van der Waals surface area contributed by atoms with E-state index < -0.39 is 5.79 Å². The molecule has 2 heterocycles. The van der Waals surface area contributed by atoms with Gasteiger partial charge in [0, 0.05) is 24.2 Å². The fourth-order valence-corrected chi connectivity index (χ4v) is 2.91. The Labute approximate surface area is 135 Å². The molecular formula is C17H20ClNO3. The number of hydrogen-bond acceptors (Lipinski definition) is 3. The molecule has 22 heavy (non-hydrogen) atoms. The summed E-state index contributed by atoms with van der Waals surface area (Å²) in [6.45, 7) is 6.45. The maximum absolute atomic E-state index is 12.2. The first-order chi connectivity index (χ1) is 10.4. The second-order valence-corrected chi connectivity index (χ2v) is 6.93. The topological polar surface area (TPSA) is 38.8 Å². The summed E-state index contributed by atoms with van der Waals surface area (Å²) in [7, 11) is 0. The molecule has 1 amide bonds. The highest BCUT2D eigenvalue weighted by atomic mass is 35.5. The Bertz CT molecular complexity index is 594. The molecule has 0 aliphatic carbocycles. The van der Waals surface area contributed by atoms with Gasteiger partial charge in [-0.25, -0.2) is 0 Å². The zero-order valence-corrected chi connectivity index (χ0v) is 13.6. The van der Waals surface area contributed by atoms with Gasteiger partial charge < -0.3 is 14.4 Å². The molecule has 1 spiro atoms. The highest BCUT2D eigenvalue weighted by Crippen LogP contribution is 2.37. The molecule has 0 unspecified atom stereocenters. The van der Waals surface area contributed by atoms with Crippen molar-refractivity contribution in [1.82, 2.24) is 4.90 Å². The predicted molar refractivity (Wildman–Crippen MR) is 85.5 cm³/mol. The van der Waals surface area contributed by atoms with E-state index in [0.29, 0.717) is 31.3 Å². The zero-order valence-electron chi connectivity index (χ0n) is 12.8. The van der Waals surface area contributed by atoms with Crippen molar-refractivity contribution < 1.29 is 14.3 Å². The molecule has 0 radical (unpaired) electrons. The minimum absolute atomic E-state index is 0.00428. The second-order valence-electron chi connectivity index (χ2n) is 6.53. The number of likely N-dealkylation sites (tertiary alicyclic amines) is 1. The van der Waals surface area contributed by atoms with Gasteiger partial charge in [0.2, 0.25) is 5.91 Å². The molecule has 5 heteroatoms. The Morgan fingerprint density at radius 3 is 2.50 bits per heavy atom. The molecule has 0 atom stereocenters. The largest absolute Gasteiger partial charge is 0.350 e. The van der Waals surface area contributed by atoms with Gasteiger partial charge >= 0.3 is 0 Å². The summed E-state index contributed by atoms with van der Waals surface area (Å²) in [6.07, 6.45) is 3.33. The SMILES string of the molecule is CC1(C)OCC2(CO1)CN(C(=O)/C=C/c1ccccc1Cl)C2. The first kappa shape index (κ1) is 15.5. The van der Waals surface area contributed by atoms with Gasteiger partial charge in [0.25, 0.3) is 0 Å². The molecule has 0 bridgehead atoms. The van der Waals surface area contributed by atoms with Crippen LogP contribution in [-0.4, -0.2) is 42.9 Å². The maximum Gasteiger partial charge on any atom is 0.246 e. The fraction of sp³-hybridized carbons (Fsp3) is 0.471. The molecule has 0 N–H and O–H groups in total. The van der Waals surface area contributed by atoms with E-state index in [1.165, 1.54) is 0 Å². The Morgan fingerprint density at radius 2 is 1.86 bits per heavy atom. The van der Waals surface area contributed by atoms with Gasteiger partial charge in [-0.05, 0) is 31.6 Å². The molecule has 2 aliphatic rings. The number of ether oxygens (including phenoxy) is 2. The third-order valence-electron chi connectivity index (χ3n) is 4.13. The summed E-state index contributed by atoms with van der Waals surface area (Å²) in [5, 5.41) is 0.642. The lowest BCUT2D eigenvalue weighted by molar-refractivity contribution is -0.302. The van der Waals surface area contributed by atoms with Crippen molar-refractivity contribution >= 4 is 23.6 Å². The fourth-order valence-electron chi connectivity index (χ4n) is 2.72. The highest BCUT2D eigenvalue weighted by molar-refractivity contribution is 6.32. The van der Waals surface area contributed by atoms with Gasteiger partial charge in [0.05, 0.1) is 18.6 Å². The van der Waals surface area contributed by atoms with Crippen LogP contribution < -0.4 is 0 Å². The van der Waals surface area contributed by atoms with Gasteiger partial charge in [-0.15, -0.1) is 0 Å². The predicted octanol–water partition coefficient (Wildman–Crippen LogP) is 2.96. The minimum Gasteiger partial charge on any atom is -0.350 e. The number of halogens is 1. The van der Waals surface area contributed by atoms with E-state index in [9.17, 15) is 4.79 Å². The standard InChI is InChI=1S/C17H20ClNO3/c1-16(2)21-11-17(12-22-16)9-19(10-17)15(20)8-7-13-5-3-4-6-14(13)18/h3-8H,9-12H2,1-2H3/b8-7+. The van der Waals surface area contributed by atoms with E-state index >= 15 is 0 Å². The molecule has 1 aromatic rings. The molecule has 2 fully saturated rings. The van der Waals surface area contributed by atoms with Crippen LogP contribution in [0.3, 0.4) is 0 Å². The highest BCUT2D eigenvalue weighted by Gasteiger charge is 2.49. The molecule has 0 aromatic heterocycles. The average Bonchev–Trinajstić information content (AvgIpc) is 2.44. The first-order valence-electron chi connectivity index (χ1n) is 7.39. The van der Waals surface area contributed by atoms with Crippen LogP contribution >= 0.6 is 11.6 Å². The van der Waals surface area contributed by atoms with E-state index in [0.717, 1.165) is 5.56 Å². The monoisotopic (exact) mass is 321 g/mol. The molecular weight excluding hydrogens is 302 g/mol. The van der Waals surface area contributed by atoms with Crippen LogP contribution in [0.1, 0.15) is 19.4 Å². The Hall–Kier alpha value is -1.36. The first-order valence-corrected chi connectivity index (χ1v) is 7.76. The number of carbonyl (C=O) groups excluding carboxylic acids is 1. The van der Waals surface area contributed by atoms with Crippen LogP contribution in [0.25, 0.3) is 6.08 Å². The lowest BCUT2D eigenvalue weighted by Gasteiger charge is -2.53. The molecule has 4 nitrogen and oxygen atoms in total. The number of benzene rings is 1. The summed E-state index contributed by atoms with van der Waals surface area (Å²) in [6, 6.07) is 7.45. The van der Waals surface area contributed by atoms with Crippen LogP contribution in [0.15, 0.2) is 30.3 Å². The van der Waals surface area contributed by atoms with Gasteiger partial charge in [-0.3, -0.25) is 4.79 Å². The Morgan fingerprint density at radius 1 is 1.23 bits per heavy atom. The van der Waals surface area contributed by atoms with E-state index in [4.69, 9.17) is 21.1 Å². The van der Waals surface area contributed by atoms with Crippen molar-refractivity contribution in [1.29, 1.82) is 0 Å². The molecule has 3 rings (SSSR count). The quantitative estimate of drug-likeness (QED) is 0.786. The summed E-state index contributed by atoms with van der Waals surface area (Å²) >= 11 is 6.07. The number of hydrogen-bond donors (Lipinski definition) is 0. The summed E-state index contributed by atoms with van der Waals surface area (Å²) < 4.78 is 11.4. The molecule has 2 aliphatic heterocycles. The summed E-state index contributed by atoms with van der Waals surface area (Å²) in [5.41, 5.74) is 0.808. The summed E-state index contributed by atoms with van der Waals surface area (Å²) in [5.74, 6) is -0.519. The van der Waals surface area contributed by atoms with Crippen molar-refractivity contribution in [2.75, 3.05) is 26.3 Å². The Kier molecular flexibility index (Phi) is 4.02. The van der Waals surface area contributed by atoms with Crippen molar-refractivity contribution in [3.8, 4) is 0 Å². The number of carbonyl (C=O) groups is 1. The van der Waals surface area contributed by atoms with Crippen molar-refractivity contribution in [2.24, 2.45) is 5.41 Å². The van der Waals surface area contributed by atoms with Crippen LogP contribution in [0.4, 0.5) is 0 Å². The lowest BCUT2D eigenvalue weighted by atomic mass is 9.80. The van der Waals surface area contributed by atoms with E-state index in [-0.39, 0.29) is 11.3 Å². The normalized spacial score (nSPS) is 22.8. The van der Waals surface area contributed by atoms with Gasteiger partial charge in [-0.2, -0.15) is 0 Å². The van der Waals surface area contributed by atoms with E-state index in [2.05, 4.69) is 0 Å². The summed E-state index contributed by atoms with van der Waals surface area (Å²) in [4.78, 5) is 14.0. The maximum atomic E-state index is 12.2. The smallest absolute Gasteiger partial charge is 0.246 e. The van der Waals surface area contributed by atoms with Gasteiger partial charge in [0.1, 0.15) is 0 Å². The molecule has 118 valence electrons. The molecule has 1 aromatic carbocycles. The third-order valence-corrected chi connectivity index (χ3v) is 4.47. The lowest BCUT2D eigenvalue weighted by Crippen LogP contribution is -2.65. The van der Waals surface area contributed by atoms with Crippen LogP contribution in [0, 0.1) is 5.41 Å². The third kappa shape index (κ3) is 3.19. The van der Waals surface area contributed by atoms with Crippen molar-refractivity contribution in [2.45, 2.75) is 19.6 Å².